The first-order valence-electron chi connectivity index (χ1n) is 13.8. The van der Waals surface area contributed by atoms with Gasteiger partial charge in [-0.15, -0.1) is 0 Å². The molecule has 18 nitrogen and oxygen atoms in total. The topological polar surface area (TPSA) is 339 Å². The van der Waals surface area contributed by atoms with Gasteiger partial charge in [-0.1, -0.05) is 0 Å². The monoisotopic (exact) mass is 603 g/mol. The van der Waals surface area contributed by atoms with Crippen molar-refractivity contribution in [2.45, 2.75) is 101 Å². The summed E-state index contributed by atoms with van der Waals surface area (Å²) < 4.78 is 0. The molecule has 0 aromatic carbocycles. The predicted octanol–water partition coefficient (Wildman–Crippen LogP) is -5.90. The number of carbonyl (C=O) groups excluding carboxylic acids is 6. The maximum absolute atomic E-state index is 13.2. The maximum Gasteiger partial charge on any atom is 0.245 e. The lowest BCUT2D eigenvalue weighted by Gasteiger charge is -2.27. The molecule has 0 bridgehead atoms. The Bertz CT molecular complexity index is 902. The third kappa shape index (κ3) is 16.1. The summed E-state index contributed by atoms with van der Waals surface area (Å²) >= 11 is 0. The van der Waals surface area contributed by atoms with E-state index in [0.29, 0.717) is 32.4 Å². The molecule has 0 aliphatic rings. The van der Waals surface area contributed by atoms with Crippen molar-refractivity contribution in [3.63, 3.8) is 0 Å². The summed E-state index contributed by atoms with van der Waals surface area (Å²) in [5, 5.41) is 22.9. The van der Waals surface area contributed by atoms with Crippen LogP contribution in [0.15, 0.2) is 0 Å². The van der Waals surface area contributed by atoms with Gasteiger partial charge in [0, 0.05) is 6.42 Å². The number of unbranched alkanes of at least 4 members (excludes halogenated alkanes) is 1. The molecule has 0 aliphatic carbocycles. The van der Waals surface area contributed by atoms with Gasteiger partial charge in [0.2, 0.25) is 35.4 Å². The van der Waals surface area contributed by atoms with Crippen LogP contribution in [0.3, 0.4) is 0 Å². The average molecular weight is 604 g/mol. The van der Waals surface area contributed by atoms with E-state index in [2.05, 4.69) is 26.6 Å². The lowest BCUT2D eigenvalue weighted by molar-refractivity contribution is -0.136. The van der Waals surface area contributed by atoms with Crippen molar-refractivity contribution in [2.75, 3.05) is 13.1 Å². The Kier molecular flexibility index (Phi) is 18.8. The van der Waals surface area contributed by atoms with Crippen LogP contribution in [0.1, 0.15) is 58.8 Å². The maximum atomic E-state index is 13.2. The number of primary amides is 2. The van der Waals surface area contributed by atoms with Crippen LogP contribution in [0.25, 0.3) is 0 Å². The lowest BCUT2D eigenvalue weighted by atomic mass is 10.0. The smallest absolute Gasteiger partial charge is 0.245 e. The Morgan fingerprint density at radius 2 is 1.21 bits per heavy atom. The first-order valence-corrected chi connectivity index (χ1v) is 13.8. The van der Waals surface area contributed by atoms with Gasteiger partial charge in [0.25, 0.3) is 0 Å². The van der Waals surface area contributed by atoms with E-state index >= 15 is 0 Å². The fourth-order valence-corrected chi connectivity index (χ4v) is 3.67. The van der Waals surface area contributed by atoms with Gasteiger partial charge in [-0.05, 0) is 65.5 Å². The van der Waals surface area contributed by atoms with E-state index in [4.69, 9.17) is 34.4 Å². The largest absolute Gasteiger partial charge is 0.391 e. The zero-order chi connectivity index (χ0) is 32.4. The number of hydrogen-bond acceptors (Lipinski definition) is 12. The highest BCUT2D eigenvalue weighted by Crippen LogP contribution is 2.06. The number of nitrogens with one attached hydrogen (secondary N) is 5. The minimum absolute atomic E-state index is 0.0971. The van der Waals surface area contributed by atoms with Crippen molar-refractivity contribution in [3.8, 4) is 0 Å². The molecule has 18 N–H and O–H groups in total. The molecule has 242 valence electrons. The summed E-state index contributed by atoms with van der Waals surface area (Å²) in [6, 6.07) is -6.03. The van der Waals surface area contributed by atoms with E-state index in [1.165, 1.54) is 13.8 Å². The van der Waals surface area contributed by atoms with Gasteiger partial charge < -0.3 is 60.8 Å². The molecule has 0 radical (unpaired) electrons. The zero-order valence-electron chi connectivity index (χ0n) is 24.3. The van der Waals surface area contributed by atoms with Crippen molar-refractivity contribution in [2.24, 2.45) is 34.4 Å². The highest BCUT2D eigenvalue weighted by molar-refractivity contribution is 5.96. The SMILES string of the molecule is C[C@H](N)C(=O)N[C@@H](CCCNC(N)N)C(=O)N[C@H](C(=O)N[C@@H](CCCCN)C(=O)N[C@@H](CCC(N)=O)C(N)=O)[C@@H](C)O. The van der Waals surface area contributed by atoms with Gasteiger partial charge in [0.15, 0.2) is 0 Å². The Morgan fingerprint density at radius 1 is 0.690 bits per heavy atom. The van der Waals surface area contributed by atoms with Crippen molar-refractivity contribution >= 4 is 35.4 Å². The first-order chi connectivity index (χ1) is 19.6. The summed E-state index contributed by atoms with van der Waals surface area (Å²) in [4.78, 5) is 74.5. The van der Waals surface area contributed by atoms with Crippen LogP contribution < -0.4 is 61.0 Å². The van der Waals surface area contributed by atoms with E-state index in [1.54, 1.807) is 0 Å². The van der Waals surface area contributed by atoms with Gasteiger partial charge >= 0.3 is 0 Å². The Hall–Kier alpha value is -3.42. The number of amides is 6. The molecular formula is C24H49N11O7. The van der Waals surface area contributed by atoms with Crippen LogP contribution in [0, 0.1) is 0 Å². The minimum atomic E-state index is -1.53. The second-order valence-electron chi connectivity index (χ2n) is 10.0. The molecule has 18 heteroatoms. The fraction of sp³-hybridized carbons (Fsp3) is 0.750. The number of hydrogen-bond donors (Lipinski definition) is 12. The van der Waals surface area contributed by atoms with Crippen LogP contribution in [-0.2, 0) is 28.8 Å². The van der Waals surface area contributed by atoms with Crippen LogP contribution in [-0.4, -0.2) is 96.2 Å². The minimum Gasteiger partial charge on any atom is -0.391 e. The zero-order valence-corrected chi connectivity index (χ0v) is 24.3. The van der Waals surface area contributed by atoms with E-state index in [9.17, 15) is 33.9 Å². The number of aliphatic hydroxyl groups is 1. The lowest BCUT2D eigenvalue weighted by Crippen LogP contribution is -2.61. The molecule has 42 heavy (non-hydrogen) atoms. The number of carbonyl (C=O) groups is 6. The molecule has 0 spiro atoms. The molecule has 6 atom stereocenters. The van der Waals surface area contributed by atoms with Gasteiger partial charge in [-0.3, -0.25) is 34.1 Å². The van der Waals surface area contributed by atoms with Gasteiger partial charge in [-0.2, -0.15) is 0 Å². The summed E-state index contributed by atoms with van der Waals surface area (Å²) in [5.41, 5.74) is 32.5. The molecule has 0 aliphatic heterocycles. The predicted molar refractivity (Wildman–Crippen MR) is 153 cm³/mol. The molecular weight excluding hydrogens is 554 g/mol. The van der Waals surface area contributed by atoms with Crippen LogP contribution in [0.5, 0.6) is 0 Å². The highest BCUT2D eigenvalue weighted by atomic mass is 16.3. The average Bonchev–Trinajstić information content (AvgIpc) is 2.89. The molecule has 0 rings (SSSR count). The molecule has 0 fully saturated rings. The Balaban J connectivity index is 5.74. The molecule has 0 saturated heterocycles. The number of rotatable bonds is 22. The third-order valence-electron chi connectivity index (χ3n) is 6.08. The van der Waals surface area contributed by atoms with Crippen LogP contribution in [0.2, 0.25) is 0 Å². The molecule has 0 aromatic rings. The Labute approximate surface area is 245 Å². The number of nitrogens with two attached hydrogens (primary N) is 6. The molecule has 0 saturated carbocycles. The summed E-state index contributed by atoms with van der Waals surface area (Å²) in [5.74, 6) is -4.70. The number of aliphatic hydroxyl groups excluding tert-OH is 1. The van der Waals surface area contributed by atoms with Gasteiger partial charge in [-0.25, -0.2) is 0 Å². The van der Waals surface area contributed by atoms with Crippen LogP contribution in [0.4, 0.5) is 0 Å². The van der Waals surface area contributed by atoms with Crippen molar-refractivity contribution in [1.29, 1.82) is 0 Å². The third-order valence-corrected chi connectivity index (χ3v) is 6.08. The fourth-order valence-electron chi connectivity index (χ4n) is 3.67. The van der Waals surface area contributed by atoms with Gasteiger partial charge in [0.05, 0.1) is 12.1 Å². The summed E-state index contributed by atoms with van der Waals surface area (Å²) in [6.45, 7) is 3.32. The normalized spacial score (nSPS) is 15.4. The van der Waals surface area contributed by atoms with E-state index in [1.807, 2.05) is 0 Å². The highest BCUT2D eigenvalue weighted by Gasteiger charge is 2.33. The molecule has 0 aromatic heterocycles. The van der Waals surface area contributed by atoms with E-state index in [-0.39, 0.29) is 25.7 Å². The van der Waals surface area contributed by atoms with Crippen LogP contribution >= 0.6 is 0 Å². The second-order valence-corrected chi connectivity index (χ2v) is 10.0. The molecule has 6 amide bonds. The van der Waals surface area contributed by atoms with Crippen molar-refractivity contribution in [1.82, 2.24) is 26.6 Å². The molecule has 0 heterocycles. The second kappa shape index (κ2) is 20.5. The van der Waals surface area contributed by atoms with Gasteiger partial charge in [0.1, 0.15) is 30.5 Å². The summed E-state index contributed by atoms with van der Waals surface area (Å²) in [6.07, 6.45) is -1.07. The standard InChI is InChI=1S/C24H49N11O7/c1-12(26)20(39)33-16(7-5-11-31-24(29)30)22(41)35-18(13(2)36)23(42)34-15(6-3-4-10-25)21(40)32-14(19(28)38)8-9-17(27)37/h12-16,18,24,31,36H,3-11,25-26,29-30H2,1-2H3,(H2,27,37)(H2,28,38)(H,32,40)(H,33,39)(H,34,42)(H,35,41)/t12-,13+,14-,15-,16-,18-/m0/s1. The van der Waals surface area contributed by atoms with Crippen molar-refractivity contribution < 1.29 is 33.9 Å². The van der Waals surface area contributed by atoms with Crippen molar-refractivity contribution in [3.05, 3.63) is 0 Å². The Morgan fingerprint density at radius 3 is 1.69 bits per heavy atom. The first kappa shape index (κ1) is 38.6. The van der Waals surface area contributed by atoms with E-state index < -0.39 is 78.0 Å². The molecule has 0 unspecified atom stereocenters. The quantitative estimate of drug-likeness (QED) is 0.0406. The van der Waals surface area contributed by atoms with E-state index in [0.717, 1.165) is 0 Å². The summed E-state index contributed by atoms with van der Waals surface area (Å²) in [7, 11) is 0.